The molecule has 1 atom stereocenters. The van der Waals surface area contributed by atoms with Crippen molar-refractivity contribution in [1.82, 2.24) is 10.2 Å². The lowest BCUT2D eigenvalue weighted by Crippen LogP contribution is -2.49. The summed E-state index contributed by atoms with van der Waals surface area (Å²) in [6.45, 7) is 1.85. The van der Waals surface area contributed by atoms with Gasteiger partial charge in [-0.2, -0.15) is 0 Å². The molecule has 0 aromatic rings. The zero-order valence-electron chi connectivity index (χ0n) is 7.37. The Kier molecular flexibility index (Phi) is 4.53. The molecule has 3 N–H and O–H groups in total. The predicted octanol–water partition coefficient (Wildman–Crippen LogP) is -0.670. The molecule has 1 rings (SSSR count). The Labute approximate surface area is 73.2 Å². The van der Waals surface area contributed by atoms with Gasteiger partial charge < -0.3 is 10.2 Å². The Morgan fingerprint density at radius 2 is 2.17 bits per heavy atom. The van der Waals surface area contributed by atoms with Crippen LogP contribution in [0.25, 0.3) is 0 Å². The molecule has 72 valence electrons. The third kappa shape index (κ3) is 2.71. The average Bonchev–Trinajstić information content (AvgIpc) is 2.15. The highest BCUT2D eigenvalue weighted by Crippen LogP contribution is 2.13. The summed E-state index contributed by atoms with van der Waals surface area (Å²) in [6, 6.07) is 0. The van der Waals surface area contributed by atoms with Gasteiger partial charge in [-0.05, 0) is 19.3 Å². The molecule has 0 aliphatic carbocycles. The van der Waals surface area contributed by atoms with Crippen molar-refractivity contribution in [3.05, 3.63) is 0 Å². The van der Waals surface area contributed by atoms with Gasteiger partial charge in [-0.25, -0.2) is 0 Å². The van der Waals surface area contributed by atoms with Crippen LogP contribution in [0.1, 0.15) is 19.3 Å². The van der Waals surface area contributed by atoms with Crippen molar-refractivity contribution in [2.24, 2.45) is 0 Å². The molecule has 4 heteroatoms. The lowest BCUT2D eigenvalue weighted by molar-refractivity contribution is 0.0278. The molecule has 4 nitrogen and oxygen atoms in total. The molecule has 0 radical (unpaired) electrons. The molecule has 12 heavy (non-hydrogen) atoms. The van der Waals surface area contributed by atoms with Gasteiger partial charge in [0.25, 0.3) is 0 Å². The van der Waals surface area contributed by atoms with E-state index < -0.39 is 0 Å². The molecule has 1 fully saturated rings. The Morgan fingerprint density at radius 3 is 2.83 bits per heavy atom. The molecule has 0 aromatic heterocycles. The van der Waals surface area contributed by atoms with Crippen molar-refractivity contribution >= 4 is 0 Å². The summed E-state index contributed by atoms with van der Waals surface area (Å²) in [5.74, 6) is 0. The SMILES string of the molecule is OCCNC1CCCCN1CO. The van der Waals surface area contributed by atoms with Crippen LogP contribution in [0.2, 0.25) is 0 Å². The van der Waals surface area contributed by atoms with E-state index in [0.29, 0.717) is 6.54 Å². The summed E-state index contributed by atoms with van der Waals surface area (Å²) in [5, 5.41) is 20.8. The number of nitrogens with zero attached hydrogens (tertiary/aromatic N) is 1. The van der Waals surface area contributed by atoms with Crippen molar-refractivity contribution < 1.29 is 10.2 Å². The molecule has 0 aromatic carbocycles. The van der Waals surface area contributed by atoms with Gasteiger partial charge >= 0.3 is 0 Å². The summed E-state index contributed by atoms with van der Waals surface area (Å²) in [5.41, 5.74) is 0. The maximum Gasteiger partial charge on any atom is 0.0968 e. The molecular weight excluding hydrogens is 156 g/mol. The minimum atomic E-state index is 0.114. The second-order valence-corrected chi connectivity index (χ2v) is 3.14. The fourth-order valence-corrected chi connectivity index (χ4v) is 1.62. The highest BCUT2D eigenvalue weighted by Gasteiger charge is 2.19. The van der Waals surface area contributed by atoms with Crippen LogP contribution in [-0.2, 0) is 0 Å². The first-order valence-corrected chi connectivity index (χ1v) is 4.57. The third-order valence-corrected chi connectivity index (χ3v) is 2.29. The van der Waals surface area contributed by atoms with Crippen LogP contribution in [-0.4, -0.2) is 47.7 Å². The van der Waals surface area contributed by atoms with Gasteiger partial charge in [0.1, 0.15) is 0 Å². The van der Waals surface area contributed by atoms with Crippen LogP contribution in [0.4, 0.5) is 0 Å². The number of piperidine rings is 1. The van der Waals surface area contributed by atoms with Crippen LogP contribution < -0.4 is 5.32 Å². The van der Waals surface area contributed by atoms with E-state index in [9.17, 15) is 0 Å². The quantitative estimate of drug-likeness (QED) is 0.529. The van der Waals surface area contributed by atoms with Gasteiger partial charge in [0.15, 0.2) is 0 Å². The highest BCUT2D eigenvalue weighted by molar-refractivity contribution is 4.72. The van der Waals surface area contributed by atoms with E-state index in [4.69, 9.17) is 10.2 Å². The largest absolute Gasteiger partial charge is 0.395 e. The molecule has 0 saturated carbocycles. The van der Waals surface area contributed by atoms with Crippen molar-refractivity contribution in [2.75, 3.05) is 26.4 Å². The zero-order chi connectivity index (χ0) is 8.81. The molecule has 1 heterocycles. The smallest absolute Gasteiger partial charge is 0.0968 e. The van der Waals surface area contributed by atoms with Crippen molar-refractivity contribution in [2.45, 2.75) is 25.4 Å². The fourth-order valence-electron chi connectivity index (χ4n) is 1.62. The average molecular weight is 174 g/mol. The van der Waals surface area contributed by atoms with Gasteiger partial charge in [-0.1, -0.05) is 0 Å². The number of hydrogen-bond acceptors (Lipinski definition) is 4. The monoisotopic (exact) mass is 174 g/mol. The minimum Gasteiger partial charge on any atom is -0.395 e. The first kappa shape index (κ1) is 9.92. The lowest BCUT2D eigenvalue weighted by Gasteiger charge is -2.34. The van der Waals surface area contributed by atoms with E-state index in [0.717, 1.165) is 19.4 Å². The van der Waals surface area contributed by atoms with Crippen molar-refractivity contribution in [3.63, 3.8) is 0 Å². The summed E-state index contributed by atoms with van der Waals surface area (Å²) in [4.78, 5) is 2.00. The Balaban J connectivity index is 2.26. The van der Waals surface area contributed by atoms with Crippen molar-refractivity contribution in [1.29, 1.82) is 0 Å². The van der Waals surface area contributed by atoms with Gasteiger partial charge in [0.05, 0.1) is 19.5 Å². The van der Waals surface area contributed by atoms with Crippen LogP contribution >= 0.6 is 0 Å². The summed E-state index contributed by atoms with van der Waals surface area (Å²) < 4.78 is 0. The first-order valence-electron chi connectivity index (χ1n) is 4.57. The van der Waals surface area contributed by atoms with Gasteiger partial charge in [-0.15, -0.1) is 0 Å². The van der Waals surface area contributed by atoms with Gasteiger partial charge in [0, 0.05) is 13.1 Å². The van der Waals surface area contributed by atoms with E-state index in [1.165, 1.54) is 6.42 Å². The third-order valence-electron chi connectivity index (χ3n) is 2.29. The molecule has 1 unspecified atom stereocenters. The topological polar surface area (TPSA) is 55.7 Å². The number of hydrogen-bond donors (Lipinski definition) is 3. The van der Waals surface area contributed by atoms with Crippen LogP contribution in [0.5, 0.6) is 0 Å². The molecule has 1 saturated heterocycles. The maximum absolute atomic E-state index is 8.98. The second kappa shape index (κ2) is 5.48. The van der Waals surface area contributed by atoms with E-state index in [1.807, 2.05) is 4.90 Å². The predicted molar refractivity (Wildman–Crippen MR) is 46.5 cm³/mol. The number of aliphatic hydroxyl groups excluding tert-OH is 2. The number of nitrogens with one attached hydrogen (secondary N) is 1. The fraction of sp³-hybridized carbons (Fsp3) is 1.00. The van der Waals surface area contributed by atoms with Crippen LogP contribution in [0.3, 0.4) is 0 Å². The van der Waals surface area contributed by atoms with Crippen molar-refractivity contribution in [3.8, 4) is 0 Å². The summed E-state index contributed by atoms with van der Waals surface area (Å²) >= 11 is 0. The summed E-state index contributed by atoms with van der Waals surface area (Å²) in [6.07, 6.45) is 3.70. The van der Waals surface area contributed by atoms with E-state index >= 15 is 0 Å². The normalized spacial score (nSPS) is 26.0. The Hall–Kier alpha value is -0.160. The van der Waals surface area contributed by atoms with E-state index in [1.54, 1.807) is 0 Å². The maximum atomic E-state index is 8.98. The molecular formula is C8H18N2O2. The highest BCUT2D eigenvalue weighted by atomic mass is 16.3. The first-order chi connectivity index (χ1) is 5.88. The zero-order valence-corrected chi connectivity index (χ0v) is 7.37. The number of aliphatic hydroxyl groups is 2. The van der Waals surface area contributed by atoms with Gasteiger partial charge in [-0.3, -0.25) is 10.2 Å². The number of likely N-dealkylation sites (tertiary alicyclic amines) is 1. The van der Waals surface area contributed by atoms with Crippen LogP contribution in [0.15, 0.2) is 0 Å². The molecule has 0 amide bonds. The Morgan fingerprint density at radius 1 is 1.33 bits per heavy atom. The standard InChI is InChI=1S/C8H18N2O2/c11-6-4-9-8-3-1-2-5-10(8)7-12/h8-9,11-12H,1-7H2. The molecule has 1 aliphatic rings. The van der Waals surface area contributed by atoms with Gasteiger partial charge in [0.2, 0.25) is 0 Å². The minimum absolute atomic E-state index is 0.114. The lowest BCUT2D eigenvalue weighted by atomic mass is 10.1. The molecule has 1 aliphatic heterocycles. The van der Waals surface area contributed by atoms with E-state index in [-0.39, 0.29) is 19.5 Å². The van der Waals surface area contributed by atoms with Crippen LogP contribution in [0, 0.1) is 0 Å². The summed E-state index contributed by atoms with van der Waals surface area (Å²) in [7, 11) is 0. The Bertz CT molecular complexity index is 122. The number of rotatable bonds is 4. The molecule has 0 spiro atoms. The second-order valence-electron chi connectivity index (χ2n) is 3.14. The van der Waals surface area contributed by atoms with E-state index in [2.05, 4.69) is 5.32 Å². The molecule has 0 bridgehead atoms.